The highest BCUT2D eigenvalue weighted by Crippen LogP contribution is 2.05. The summed E-state index contributed by atoms with van der Waals surface area (Å²) < 4.78 is 2.19. The lowest BCUT2D eigenvalue weighted by molar-refractivity contribution is -0.122. The number of carbonyl (C=O) groups is 1. The summed E-state index contributed by atoms with van der Waals surface area (Å²) in [6.45, 7) is 4.22. The molecule has 1 amide bonds. The number of hydrogen-bond acceptors (Lipinski definition) is 2. The van der Waals surface area contributed by atoms with Crippen LogP contribution in [0.15, 0.2) is 27.6 Å². The minimum Gasteiger partial charge on any atom is -0.352 e. The van der Waals surface area contributed by atoms with Gasteiger partial charge < -0.3 is 9.88 Å². The van der Waals surface area contributed by atoms with E-state index in [2.05, 4.69) is 28.2 Å². The molecule has 0 bridgehead atoms. The van der Waals surface area contributed by atoms with Gasteiger partial charge in [0, 0.05) is 22.8 Å². The molecule has 1 N–H and O–H groups in total. The predicted octanol–water partition coefficient (Wildman–Crippen LogP) is 2.70. The number of amides is 1. The zero-order chi connectivity index (χ0) is 14.3. The molecule has 1 atom stereocenters. The Labute approximate surface area is 122 Å². The Balaban J connectivity index is 2.46. The lowest BCUT2D eigenvalue weighted by Gasteiger charge is -2.14. The molecule has 4 nitrogen and oxygen atoms in total. The number of carbonyl (C=O) groups excluding carboxylic acids is 1. The Bertz CT molecular complexity index is 471. The number of pyridine rings is 1. The van der Waals surface area contributed by atoms with E-state index in [-0.39, 0.29) is 24.1 Å². The third kappa shape index (κ3) is 6.05. The van der Waals surface area contributed by atoms with E-state index in [1.54, 1.807) is 12.3 Å². The first-order chi connectivity index (χ1) is 9.02. The average molecular weight is 329 g/mol. The van der Waals surface area contributed by atoms with Gasteiger partial charge in [-0.05, 0) is 35.3 Å². The molecule has 0 radical (unpaired) electrons. The zero-order valence-corrected chi connectivity index (χ0v) is 13.1. The number of aromatic nitrogens is 1. The molecule has 0 aromatic carbocycles. The van der Waals surface area contributed by atoms with Gasteiger partial charge in [0.05, 0.1) is 0 Å². The van der Waals surface area contributed by atoms with Crippen LogP contribution in [0.25, 0.3) is 0 Å². The minimum atomic E-state index is -0.169. The van der Waals surface area contributed by atoms with Gasteiger partial charge in [0.25, 0.3) is 5.56 Å². The maximum absolute atomic E-state index is 11.8. The molecule has 0 spiro atoms. The fourth-order valence-electron chi connectivity index (χ4n) is 1.87. The van der Waals surface area contributed by atoms with Crippen LogP contribution in [0.1, 0.15) is 39.5 Å². The lowest BCUT2D eigenvalue weighted by atomic mass is 10.1. The fourth-order valence-corrected chi connectivity index (χ4v) is 2.25. The molecular formula is C14H21BrN2O2. The molecule has 19 heavy (non-hydrogen) atoms. The summed E-state index contributed by atoms with van der Waals surface area (Å²) in [6, 6.07) is 3.27. The first-order valence-corrected chi connectivity index (χ1v) is 7.47. The monoisotopic (exact) mass is 328 g/mol. The molecule has 0 unspecified atom stereocenters. The fraction of sp³-hybridized carbons (Fsp3) is 0.571. The lowest BCUT2D eigenvalue weighted by Crippen LogP contribution is -2.37. The maximum atomic E-state index is 11.8. The number of rotatable bonds is 7. The largest absolute Gasteiger partial charge is 0.352 e. The quantitative estimate of drug-likeness (QED) is 0.782. The first kappa shape index (κ1) is 16.0. The Morgan fingerprint density at radius 2 is 2.16 bits per heavy atom. The van der Waals surface area contributed by atoms with E-state index in [4.69, 9.17) is 0 Å². The van der Waals surface area contributed by atoms with E-state index < -0.39 is 0 Å². The standard InChI is InChI=1S/C14H21BrN2O2/c1-3-4-5-6-11(2)16-13(18)10-17-9-12(15)7-8-14(17)19/h7-9,11H,3-6,10H2,1-2H3,(H,16,18)/t11-/m0/s1. The van der Waals surface area contributed by atoms with Crippen molar-refractivity contribution in [2.75, 3.05) is 0 Å². The minimum absolute atomic E-state index is 0.0659. The highest BCUT2D eigenvalue weighted by Gasteiger charge is 2.08. The van der Waals surface area contributed by atoms with Crippen molar-refractivity contribution in [3.63, 3.8) is 0 Å². The van der Waals surface area contributed by atoms with E-state index in [0.717, 1.165) is 17.3 Å². The molecular weight excluding hydrogens is 308 g/mol. The van der Waals surface area contributed by atoms with Crippen LogP contribution < -0.4 is 10.9 Å². The van der Waals surface area contributed by atoms with Crippen LogP contribution in [0, 0.1) is 0 Å². The van der Waals surface area contributed by atoms with Gasteiger partial charge in [-0.2, -0.15) is 0 Å². The average Bonchev–Trinajstić information content (AvgIpc) is 2.34. The number of hydrogen-bond donors (Lipinski definition) is 1. The van der Waals surface area contributed by atoms with E-state index in [0.29, 0.717) is 0 Å². The Kier molecular flexibility index (Phi) is 6.84. The molecule has 1 aromatic rings. The van der Waals surface area contributed by atoms with Gasteiger partial charge >= 0.3 is 0 Å². The summed E-state index contributed by atoms with van der Waals surface area (Å²) >= 11 is 3.29. The molecule has 5 heteroatoms. The van der Waals surface area contributed by atoms with E-state index >= 15 is 0 Å². The Hall–Kier alpha value is -1.10. The van der Waals surface area contributed by atoms with Gasteiger partial charge in [-0.3, -0.25) is 9.59 Å². The molecule has 106 valence electrons. The van der Waals surface area contributed by atoms with Crippen LogP contribution >= 0.6 is 15.9 Å². The third-order valence-corrected chi connectivity index (χ3v) is 3.38. The Morgan fingerprint density at radius 1 is 1.42 bits per heavy atom. The van der Waals surface area contributed by atoms with Crippen LogP contribution in [-0.2, 0) is 11.3 Å². The first-order valence-electron chi connectivity index (χ1n) is 6.68. The number of halogens is 1. The highest BCUT2D eigenvalue weighted by atomic mass is 79.9. The zero-order valence-electron chi connectivity index (χ0n) is 11.5. The van der Waals surface area contributed by atoms with Gasteiger partial charge in [0.15, 0.2) is 0 Å². The van der Waals surface area contributed by atoms with Crippen molar-refractivity contribution in [1.82, 2.24) is 9.88 Å². The topological polar surface area (TPSA) is 51.1 Å². The molecule has 0 aliphatic heterocycles. The highest BCUT2D eigenvalue weighted by molar-refractivity contribution is 9.10. The number of nitrogens with one attached hydrogen (secondary N) is 1. The van der Waals surface area contributed by atoms with Gasteiger partial charge in [0.1, 0.15) is 6.54 Å². The van der Waals surface area contributed by atoms with Crippen molar-refractivity contribution in [2.45, 2.75) is 52.1 Å². The van der Waals surface area contributed by atoms with Crippen molar-refractivity contribution in [1.29, 1.82) is 0 Å². The van der Waals surface area contributed by atoms with Gasteiger partial charge in [-0.15, -0.1) is 0 Å². The summed E-state index contributed by atoms with van der Waals surface area (Å²) in [5, 5.41) is 2.92. The normalized spacial score (nSPS) is 12.2. The number of unbranched alkanes of at least 4 members (excludes halogenated alkanes) is 2. The van der Waals surface area contributed by atoms with Crippen molar-refractivity contribution >= 4 is 21.8 Å². The van der Waals surface area contributed by atoms with Gasteiger partial charge in [-0.1, -0.05) is 26.2 Å². The van der Waals surface area contributed by atoms with Crippen LogP contribution in [-0.4, -0.2) is 16.5 Å². The smallest absolute Gasteiger partial charge is 0.251 e. The molecule has 0 fully saturated rings. The van der Waals surface area contributed by atoms with Crippen molar-refractivity contribution in [3.05, 3.63) is 33.2 Å². The molecule has 0 aliphatic rings. The van der Waals surface area contributed by atoms with Gasteiger partial charge in [0.2, 0.25) is 5.91 Å². The van der Waals surface area contributed by atoms with E-state index in [9.17, 15) is 9.59 Å². The Morgan fingerprint density at radius 3 is 2.84 bits per heavy atom. The molecule has 0 aliphatic carbocycles. The summed E-state index contributed by atoms with van der Waals surface area (Å²) in [4.78, 5) is 23.4. The summed E-state index contributed by atoms with van der Waals surface area (Å²) in [5.74, 6) is -0.121. The second kappa shape index (κ2) is 8.15. The third-order valence-electron chi connectivity index (χ3n) is 2.91. The molecule has 1 aromatic heterocycles. The SMILES string of the molecule is CCCCC[C@H](C)NC(=O)Cn1cc(Br)ccc1=O. The van der Waals surface area contributed by atoms with Crippen LogP contribution in [0.2, 0.25) is 0 Å². The second-order valence-corrected chi connectivity index (χ2v) is 5.69. The molecule has 0 saturated carbocycles. The van der Waals surface area contributed by atoms with Crippen molar-refractivity contribution in [2.24, 2.45) is 0 Å². The second-order valence-electron chi connectivity index (χ2n) is 4.78. The van der Waals surface area contributed by atoms with Gasteiger partial charge in [-0.25, -0.2) is 0 Å². The maximum Gasteiger partial charge on any atom is 0.251 e. The van der Waals surface area contributed by atoms with Crippen molar-refractivity contribution < 1.29 is 4.79 Å². The summed E-state index contributed by atoms with van der Waals surface area (Å²) in [7, 11) is 0. The van der Waals surface area contributed by atoms with E-state index in [1.165, 1.54) is 23.5 Å². The molecule has 0 saturated heterocycles. The van der Waals surface area contributed by atoms with Crippen LogP contribution in [0.5, 0.6) is 0 Å². The van der Waals surface area contributed by atoms with Crippen molar-refractivity contribution in [3.8, 4) is 0 Å². The summed E-state index contributed by atoms with van der Waals surface area (Å²) in [6.07, 6.45) is 6.09. The number of nitrogens with zero attached hydrogens (tertiary/aromatic N) is 1. The molecule has 1 rings (SSSR count). The van der Waals surface area contributed by atoms with Crippen LogP contribution in [0.3, 0.4) is 0 Å². The van der Waals surface area contributed by atoms with E-state index in [1.807, 2.05) is 6.92 Å². The predicted molar refractivity (Wildman–Crippen MR) is 80.1 cm³/mol. The molecule has 1 heterocycles. The van der Waals surface area contributed by atoms with Crippen LogP contribution in [0.4, 0.5) is 0 Å². The summed E-state index contributed by atoms with van der Waals surface area (Å²) in [5.41, 5.74) is -0.169.